The number of aromatic nitrogens is 2. The SMILES string of the molecule is O=C(C[n+]1ccc(-c2ccc(Cl)cc2)nc1)c1cccc([N+](=O)[O-])c1. The lowest BCUT2D eigenvalue weighted by Crippen LogP contribution is -2.37. The van der Waals surface area contributed by atoms with Crippen molar-refractivity contribution in [3.8, 4) is 11.3 Å². The quantitative estimate of drug-likeness (QED) is 0.304. The molecule has 2 aromatic carbocycles. The van der Waals surface area contributed by atoms with Gasteiger partial charge in [0.05, 0.1) is 11.1 Å². The van der Waals surface area contributed by atoms with Crippen molar-refractivity contribution in [2.45, 2.75) is 6.54 Å². The largest absolute Gasteiger partial charge is 0.290 e. The van der Waals surface area contributed by atoms with Crippen LogP contribution in [0.3, 0.4) is 0 Å². The molecule has 124 valence electrons. The first-order chi connectivity index (χ1) is 12.0. The fraction of sp³-hybridized carbons (Fsp3) is 0.0556. The molecule has 0 aliphatic heterocycles. The number of nitro benzene ring substituents is 1. The number of rotatable bonds is 5. The van der Waals surface area contributed by atoms with E-state index in [-0.39, 0.29) is 18.0 Å². The second-order valence-electron chi connectivity index (χ2n) is 5.36. The molecule has 3 aromatic rings. The van der Waals surface area contributed by atoms with Gasteiger partial charge < -0.3 is 0 Å². The first-order valence-electron chi connectivity index (χ1n) is 7.41. The molecule has 0 bridgehead atoms. The van der Waals surface area contributed by atoms with Gasteiger partial charge in [-0.05, 0) is 29.2 Å². The van der Waals surface area contributed by atoms with Crippen LogP contribution in [0.4, 0.5) is 5.69 Å². The van der Waals surface area contributed by atoms with Crippen LogP contribution < -0.4 is 4.57 Å². The van der Waals surface area contributed by atoms with Crippen molar-refractivity contribution in [1.29, 1.82) is 0 Å². The summed E-state index contributed by atoms with van der Waals surface area (Å²) >= 11 is 5.87. The molecule has 0 spiro atoms. The maximum absolute atomic E-state index is 12.3. The zero-order valence-corrected chi connectivity index (χ0v) is 13.8. The first kappa shape index (κ1) is 16.7. The molecule has 7 heteroatoms. The van der Waals surface area contributed by atoms with Crippen molar-refractivity contribution >= 4 is 23.1 Å². The zero-order chi connectivity index (χ0) is 17.8. The standard InChI is InChI=1S/C18H13ClN3O3/c19-15-6-4-13(5-7-15)17-8-9-21(12-20-17)11-18(23)14-2-1-3-16(10-14)22(24)25/h1-10,12H,11H2/q+1. The van der Waals surface area contributed by atoms with Gasteiger partial charge in [0.25, 0.3) is 12.0 Å². The first-order valence-corrected chi connectivity index (χ1v) is 7.79. The minimum atomic E-state index is -0.521. The van der Waals surface area contributed by atoms with Crippen molar-refractivity contribution in [3.05, 3.63) is 87.8 Å². The van der Waals surface area contributed by atoms with Crippen molar-refractivity contribution < 1.29 is 14.3 Å². The number of nitrogens with zero attached hydrogens (tertiary/aromatic N) is 3. The Morgan fingerprint density at radius 1 is 1.16 bits per heavy atom. The highest BCUT2D eigenvalue weighted by molar-refractivity contribution is 6.30. The predicted molar refractivity (Wildman–Crippen MR) is 92.3 cm³/mol. The van der Waals surface area contributed by atoms with Crippen molar-refractivity contribution in [3.63, 3.8) is 0 Å². The van der Waals surface area contributed by atoms with Gasteiger partial charge >= 0.3 is 0 Å². The van der Waals surface area contributed by atoms with Crippen LogP contribution >= 0.6 is 11.6 Å². The van der Waals surface area contributed by atoms with Crippen LogP contribution in [0, 0.1) is 10.1 Å². The van der Waals surface area contributed by atoms with Crippen molar-refractivity contribution in [1.82, 2.24) is 4.98 Å². The summed E-state index contributed by atoms with van der Waals surface area (Å²) in [6.07, 6.45) is 3.30. The summed E-state index contributed by atoms with van der Waals surface area (Å²) in [6, 6.07) is 14.8. The highest BCUT2D eigenvalue weighted by atomic mass is 35.5. The van der Waals surface area contributed by atoms with Crippen LogP contribution in [-0.2, 0) is 6.54 Å². The molecule has 0 N–H and O–H groups in total. The molecule has 0 amide bonds. The second kappa shape index (κ2) is 7.19. The van der Waals surface area contributed by atoms with Crippen LogP contribution in [0.25, 0.3) is 11.3 Å². The Morgan fingerprint density at radius 3 is 2.56 bits per heavy atom. The van der Waals surface area contributed by atoms with Crippen LogP contribution in [0.1, 0.15) is 10.4 Å². The molecular formula is C18H13ClN3O3+. The van der Waals surface area contributed by atoms with Gasteiger partial charge in [0, 0.05) is 34.3 Å². The van der Waals surface area contributed by atoms with Crippen LogP contribution in [0.15, 0.2) is 67.1 Å². The number of hydrogen-bond acceptors (Lipinski definition) is 4. The Morgan fingerprint density at radius 2 is 1.92 bits per heavy atom. The molecule has 0 aliphatic rings. The van der Waals surface area contributed by atoms with E-state index < -0.39 is 4.92 Å². The number of non-ortho nitro benzene ring substituents is 1. The smallest absolute Gasteiger partial charge is 0.287 e. The number of halogens is 1. The van der Waals surface area contributed by atoms with Gasteiger partial charge in [0.15, 0.2) is 12.2 Å². The van der Waals surface area contributed by atoms with Gasteiger partial charge in [-0.1, -0.05) is 23.7 Å². The van der Waals surface area contributed by atoms with Crippen molar-refractivity contribution in [2.75, 3.05) is 0 Å². The summed E-state index contributed by atoms with van der Waals surface area (Å²) in [5, 5.41) is 11.4. The molecule has 6 nitrogen and oxygen atoms in total. The minimum Gasteiger partial charge on any atom is -0.290 e. The Kier molecular flexibility index (Phi) is 4.81. The van der Waals surface area contributed by atoms with Crippen molar-refractivity contribution in [2.24, 2.45) is 0 Å². The molecule has 0 fully saturated rings. The maximum atomic E-state index is 12.3. The fourth-order valence-corrected chi connectivity index (χ4v) is 2.45. The third-order valence-electron chi connectivity index (χ3n) is 3.61. The molecule has 1 heterocycles. The summed E-state index contributed by atoms with van der Waals surface area (Å²) in [5.74, 6) is -0.227. The highest BCUT2D eigenvalue weighted by Gasteiger charge is 2.14. The van der Waals surface area contributed by atoms with E-state index in [0.29, 0.717) is 10.6 Å². The van der Waals surface area contributed by atoms with E-state index >= 15 is 0 Å². The van der Waals surface area contributed by atoms with Crippen LogP contribution in [-0.4, -0.2) is 15.7 Å². The normalized spacial score (nSPS) is 10.4. The van der Waals surface area contributed by atoms with Gasteiger partial charge in [0.2, 0.25) is 5.78 Å². The van der Waals surface area contributed by atoms with E-state index in [9.17, 15) is 14.9 Å². The number of hydrogen-bond donors (Lipinski definition) is 0. The van der Waals surface area contributed by atoms with Gasteiger partial charge in [-0.3, -0.25) is 14.9 Å². The molecule has 0 atom stereocenters. The Balaban J connectivity index is 1.75. The van der Waals surface area contributed by atoms with Crippen LogP contribution in [0.2, 0.25) is 5.02 Å². The Bertz CT molecular complexity index is 925. The van der Waals surface area contributed by atoms with Gasteiger partial charge in [-0.2, -0.15) is 0 Å². The monoisotopic (exact) mass is 354 g/mol. The Labute approximate surface area is 148 Å². The molecule has 0 aliphatic carbocycles. The van der Waals surface area contributed by atoms with Gasteiger partial charge in [-0.15, -0.1) is 0 Å². The lowest BCUT2D eigenvalue weighted by Gasteiger charge is -2.01. The van der Waals surface area contributed by atoms with E-state index in [1.165, 1.54) is 18.2 Å². The number of nitro groups is 1. The Hall–Kier alpha value is -3.12. The average molecular weight is 355 g/mol. The number of carbonyl (C=O) groups excluding carboxylic acids is 1. The molecule has 0 unspecified atom stereocenters. The van der Waals surface area contributed by atoms with Gasteiger partial charge in [0.1, 0.15) is 0 Å². The topological polar surface area (TPSA) is 77.0 Å². The second-order valence-corrected chi connectivity index (χ2v) is 5.79. The number of benzene rings is 2. The summed E-state index contributed by atoms with van der Waals surface area (Å²) in [7, 11) is 0. The summed E-state index contributed by atoms with van der Waals surface area (Å²) < 4.78 is 1.63. The average Bonchev–Trinajstić information content (AvgIpc) is 2.63. The minimum absolute atomic E-state index is 0.0507. The predicted octanol–water partition coefficient (Wildman–Crippen LogP) is 3.48. The van der Waals surface area contributed by atoms with E-state index in [2.05, 4.69) is 4.98 Å². The zero-order valence-electron chi connectivity index (χ0n) is 13.0. The van der Waals surface area contributed by atoms with E-state index in [1.54, 1.807) is 41.4 Å². The van der Waals surface area contributed by atoms with E-state index in [4.69, 9.17) is 11.6 Å². The molecule has 0 radical (unpaired) electrons. The number of ketones is 1. The fourth-order valence-electron chi connectivity index (χ4n) is 2.32. The lowest BCUT2D eigenvalue weighted by atomic mass is 10.1. The van der Waals surface area contributed by atoms with E-state index in [0.717, 1.165) is 11.3 Å². The molecule has 1 aromatic heterocycles. The summed E-state index contributed by atoms with van der Waals surface area (Å²) in [6.45, 7) is 0.0507. The molecular weight excluding hydrogens is 342 g/mol. The molecule has 3 rings (SSSR count). The molecule has 25 heavy (non-hydrogen) atoms. The van der Waals surface area contributed by atoms with E-state index in [1.807, 2.05) is 12.1 Å². The van der Waals surface area contributed by atoms with Gasteiger partial charge in [-0.25, -0.2) is 4.57 Å². The molecule has 0 saturated heterocycles. The molecule has 0 saturated carbocycles. The third kappa shape index (κ3) is 4.05. The number of carbonyl (C=O) groups is 1. The number of Topliss-reactive ketones (excluding diaryl/α,β-unsaturated/α-hetero) is 1. The highest BCUT2D eigenvalue weighted by Crippen LogP contribution is 2.18. The maximum Gasteiger partial charge on any atom is 0.287 e. The summed E-state index contributed by atoms with van der Waals surface area (Å²) in [4.78, 5) is 26.9. The third-order valence-corrected chi connectivity index (χ3v) is 3.87. The summed E-state index contributed by atoms with van der Waals surface area (Å²) in [5.41, 5.74) is 1.87. The lowest BCUT2D eigenvalue weighted by molar-refractivity contribution is -0.686. The van der Waals surface area contributed by atoms with Crippen LogP contribution in [0.5, 0.6) is 0 Å².